The Kier molecular flexibility index (Phi) is 6.01. The van der Waals surface area contributed by atoms with Crippen LogP contribution >= 0.6 is 0 Å². The van der Waals surface area contributed by atoms with Crippen molar-refractivity contribution >= 4 is 22.1 Å². The van der Waals surface area contributed by atoms with Gasteiger partial charge in [-0.05, 0) is 51.8 Å². The summed E-state index contributed by atoms with van der Waals surface area (Å²) in [6, 6.07) is 7.16. The summed E-state index contributed by atoms with van der Waals surface area (Å²) in [4.78, 5) is 25.2. The summed E-state index contributed by atoms with van der Waals surface area (Å²) in [6.45, 7) is 5.23. The predicted octanol–water partition coefficient (Wildman–Crippen LogP) is 1.69. The number of aliphatic carboxylic acids is 1. The lowest BCUT2D eigenvalue weighted by atomic mass is 9.89. The van der Waals surface area contributed by atoms with Crippen molar-refractivity contribution in [1.82, 2.24) is 9.62 Å². The third-order valence-corrected chi connectivity index (χ3v) is 5.82. The van der Waals surface area contributed by atoms with Gasteiger partial charge in [0.05, 0.1) is 16.5 Å². The van der Waals surface area contributed by atoms with Crippen LogP contribution in [0.1, 0.15) is 39.2 Å². The number of carbonyl (C=O) groups excluding carboxylic acids is 1. The minimum atomic E-state index is -4.18. The number of likely N-dealkylation sites (tertiary alicyclic amines) is 1. The number of ether oxygens (including phenoxy) is 1. The minimum Gasteiger partial charge on any atom is -0.480 e. The van der Waals surface area contributed by atoms with Crippen LogP contribution in [0.15, 0.2) is 29.2 Å². The second-order valence-electron chi connectivity index (χ2n) is 7.60. The number of carboxylic acid groups (broad SMARTS) is 1. The molecule has 1 saturated heterocycles. The van der Waals surface area contributed by atoms with Gasteiger partial charge < -0.3 is 14.7 Å². The van der Waals surface area contributed by atoms with E-state index in [1.165, 1.54) is 29.2 Å². The van der Waals surface area contributed by atoms with Gasteiger partial charge in [-0.3, -0.25) is 4.79 Å². The highest BCUT2D eigenvalue weighted by Crippen LogP contribution is 2.27. The van der Waals surface area contributed by atoms with Crippen LogP contribution in [0.4, 0.5) is 4.79 Å². The van der Waals surface area contributed by atoms with Crippen molar-refractivity contribution in [2.24, 2.45) is 0 Å². The van der Waals surface area contributed by atoms with Crippen LogP contribution < -0.4 is 4.72 Å². The number of nitriles is 1. The van der Waals surface area contributed by atoms with E-state index in [2.05, 4.69) is 4.72 Å². The standard InChI is InChI=1S/C18H23N3O6S/c1-17(2,3)27-16(24)21-9-7-18(8-10-21,15(22)23)20-28(25,26)14-6-4-5-13(11-14)12-19/h4-6,11,20H,7-10H2,1-3H3,(H,22,23). The fourth-order valence-electron chi connectivity index (χ4n) is 2.81. The first-order valence-electron chi connectivity index (χ1n) is 8.64. The number of nitrogens with zero attached hydrogens (tertiary/aromatic N) is 2. The van der Waals surface area contributed by atoms with Crippen LogP contribution in [-0.2, 0) is 19.6 Å². The van der Waals surface area contributed by atoms with Gasteiger partial charge in [-0.1, -0.05) is 6.07 Å². The number of benzene rings is 1. The van der Waals surface area contributed by atoms with Crippen molar-refractivity contribution < 1.29 is 27.9 Å². The molecule has 1 heterocycles. The molecule has 0 atom stereocenters. The number of hydrogen-bond donors (Lipinski definition) is 2. The summed E-state index contributed by atoms with van der Waals surface area (Å²) in [5.41, 5.74) is -2.29. The van der Waals surface area contributed by atoms with Crippen LogP contribution in [0.5, 0.6) is 0 Å². The van der Waals surface area contributed by atoms with Crippen molar-refractivity contribution in [3.63, 3.8) is 0 Å². The zero-order valence-corrected chi connectivity index (χ0v) is 16.7. The second-order valence-corrected chi connectivity index (χ2v) is 9.28. The number of carbonyl (C=O) groups is 2. The summed E-state index contributed by atoms with van der Waals surface area (Å²) in [5, 5.41) is 18.6. The van der Waals surface area contributed by atoms with Gasteiger partial charge in [-0.25, -0.2) is 13.2 Å². The molecule has 1 aromatic rings. The first-order chi connectivity index (χ1) is 12.9. The van der Waals surface area contributed by atoms with E-state index < -0.39 is 33.2 Å². The van der Waals surface area contributed by atoms with E-state index in [0.717, 1.165) is 0 Å². The first kappa shape index (κ1) is 21.7. The summed E-state index contributed by atoms with van der Waals surface area (Å²) >= 11 is 0. The van der Waals surface area contributed by atoms with Gasteiger partial charge in [0.15, 0.2) is 0 Å². The lowest BCUT2D eigenvalue weighted by Crippen LogP contribution is -2.60. The number of piperidine rings is 1. The molecule has 2 rings (SSSR count). The molecule has 0 spiro atoms. The van der Waals surface area contributed by atoms with E-state index in [4.69, 9.17) is 10.00 Å². The van der Waals surface area contributed by atoms with Gasteiger partial charge in [0.1, 0.15) is 11.1 Å². The van der Waals surface area contributed by atoms with Crippen molar-refractivity contribution in [3.05, 3.63) is 29.8 Å². The van der Waals surface area contributed by atoms with Crippen LogP contribution in [0.2, 0.25) is 0 Å². The monoisotopic (exact) mass is 409 g/mol. The topological polar surface area (TPSA) is 137 Å². The molecule has 1 amide bonds. The number of hydrogen-bond acceptors (Lipinski definition) is 6. The molecule has 9 nitrogen and oxygen atoms in total. The lowest BCUT2D eigenvalue weighted by molar-refractivity contribution is -0.146. The molecule has 28 heavy (non-hydrogen) atoms. The van der Waals surface area contributed by atoms with E-state index in [-0.39, 0.29) is 36.4 Å². The van der Waals surface area contributed by atoms with Crippen LogP contribution in [0, 0.1) is 11.3 Å². The highest BCUT2D eigenvalue weighted by Gasteiger charge is 2.46. The zero-order valence-electron chi connectivity index (χ0n) is 15.9. The Balaban J connectivity index is 2.19. The van der Waals surface area contributed by atoms with Crippen LogP contribution in [0.25, 0.3) is 0 Å². The molecule has 152 valence electrons. The molecule has 1 aliphatic heterocycles. The van der Waals surface area contributed by atoms with E-state index in [1.807, 2.05) is 6.07 Å². The Bertz CT molecular complexity index is 906. The molecule has 1 aliphatic rings. The third-order valence-electron chi connectivity index (χ3n) is 4.28. The molecule has 0 aliphatic carbocycles. The Morgan fingerprint density at radius 1 is 1.29 bits per heavy atom. The Labute approximate surface area is 163 Å². The predicted molar refractivity (Wildman–Crippen MR) is 98.9 cm³/mol. The smallest absolute Gasteiger partial charge is 0.410 e. The largest absolute Gasteiger partial charge is 0.480 e. The van der Waals surface area contributed by atoms with Crippen LogP contribution in [0.3, 0.4) is 0 Å². The molecule has 10 heteroatoms. The molecular formula is C18H23N3O6S. The van der Waals surface area contributed by atoms with Gasteiger partial charge >= 0.3 is 12.1 Å². The van der Waals surface area contributed by atoms with E-state index in [0.29, 0.717) is 0 Å². The minimum absolute atomic E-state index is 0.0297. The molecule has 1 aromatic carbocycles. The van der Waals surface area contributed by atoms with Crippen molar-refractivity contribution in [1.29, 1.82) is 5.26 Å². The summed E-state index contributed by atoms with van der Waals surface area (Å²) in [6.07, 6.45) is -0.798. The molecule has 2 N–H and O–H groups in total. The highest BCUT2D eigenvalue weighted by molar-refractivity contribution is 7.89. The van der Waals surface area contributed by atoms with Gasteiger partial charge in [-0.15, -0.1) is 0 Å². The number of nitrogens with one attached hydrogen (secondary N) is 1. The van der Waals surface area contributed by atoms with Crippen molar-refractivity contribution in [2.45, 2.75) is 49.6 Å². The number of amides is 1. The molecule has 0 unspecified atom stereocenters. The fourth-order valence-corrected chi connectivity index (χ4v) is 4.27. The molecule has 0 aromatic heterocycles. The van der Waals surface area contributed by atoms with Gasteiger partial charge in [0.25, 0.3) is 0 Å². The molecule has 0 bridgehead atoms. The normalized spacial score (nSPS) is 16.9. The zero-order chi connectivity index (χ0) is 21.2. The summed E-state index contributed by atoms with van der Waals surface area (Å²) in [7, 11) is -4.18. The van der Waals surface area contributed by atoms with Crippen molar-refractivity contribution in [2.75, 3.05) is 13.1 Å². The molecule has 0 saturated carbocycles. The van der Waals surface area contributed by atoms with Gasteiger partial charge in [0, 0.05) is 13.1 Å². The quantitative estimate of drug-likeness (QED) is 0.772. The molecule has 1 fully saturated rings. The Hall–Kier alpha value is -2.64. The lowest BCUT2D eigenvalue weighted by Gasteiger charge is -2.39. The molecule has 0 radical (unpaired) electrons. The average Bonchev–Trinajstić information content (AvgIpc) is 2.60. The third kappa shape index (κ3) is 4.99. The van der Waals surface area contributed by atoms with E-state index >= 15 is 0 Å². The van der Waals surface area contributed by atoms with E-state index in [9.17, 15) is 23.1 Å². The summed E-state index contributed by atoms with van der Waals surface area (Å²) in [5.74, 6) is -1.32. The second kappa shape index (κ2) is 7.77. The Morgan fingerprint density at radius 3 is 2.39 bits per heavy atom. The fraction of sp³-hybridized carbons (Fsp3) is 0.500. The van der Waals surface area contributed by atoms with Crippen LogP contribution in [-0.4, -0.2) is 54.7 Å². The number of sulfonamides is 1. The maximum Gasteiger partial charge on any atom is 0.410 e. The molecular weight excluding hydrogens is 386 g/mol. The average molecular weight is 409 g/mol. The summed E-state index contributed by atoms with van der Waals surface area (Å²) < 4.78 is 32.9. The van der Waals surface area contributed by atoms with E-state index in [1.54, 1.807) is 20.8 Å². The van der Waals surface area contributed by atoms with Gasteiger partial charge in [0.2, 0.25) is 10.0 Å². The highest BCUT2D eigenvalue weighted by atomic mass is 32.2. The SMILES string of the molecule is CC(C)(C)OC(=O)N1CCC(NS(=O)(=O)c2cccc(C#N)c2)(C(=O)O)CC1. The maximum atomic E-state index is 12.7. The maximum absolute atomic E-state index is 12.7. The first-order valence-corrected chi connectivity index (χ1v) is 10.1. The number of rotatable bonds is 4. The Morgan fingerprint density at radius 2 is 1.89 bits per heavy atom. The number of carboxylic acids is 1. The van der Waals surface area contributed by atoms with Gasteiger partial charge in [-0.2, -0.15) is 9.98 Å². The van der Waals surface area contributed by atoms with Crippen molar-refractivity contribution in [3.8, 4) is 6.07 Å².